The lowest BCUT2D eigenvalue weighted by molar-refractivity contribution is -0.127. The van der Waals surface area contributed by atoms with Crippen molar-refractivity contribution < 1.29 is 14.0 Å². The van der Waals surface area contributed by atoms with Crippen LogP contribution in [0.25, 0.3) is 11.3 Å². The van der Waals surface area contributed by atoms with E-state index in [1.165, 1.54) is 17.0 Å². The average Bonchev–Trinajstić information content (AvgIpc) is 2.52. The highest BCUT2D eigenvalue weighted by atomic mass is 19.1. The summed E-state index contributed by atoms with van der Waals surface area (Å²) in [6.07, 6.45) is 0. The van der Waals surface area contributed by atoms with Gasteiger partial charge in [-0.1, -0.05) is 0 Å². The Hall–Kier alpha value is -2.76. The van der Waals surface area contributed by atoms with Gasteiger partial charge < -0.3 is 10.2 Å². The van der Waals surface area contributed by atoms with Gasteiger partial charge in [0.05, 0.1) is 23.5 Å². The van der Waals surface area contributed by atoms with Crippen molar-refractivity contribution in [3.05, 3.63) is 53.5 Å². The van der Waals surface area contributed by atoms with Gasteiger partial charge in [0, 0.05) is 19.7 Å². The number of pyridine rings is 1. The Balaban J connectivity index is 2.14. The van der Waals surface area contributed by atoms with E-state index in [2.05, 4.69) is 10.3 Å². The summed E-state index contributed by atoms with van der Waals surface area (Å²) < 4.78 is 13.0. The molecule has 0 bridgehead atoms. The van der Waals surface area contributed by atoms with Crippen molar-refractivity contribution in [2.45, 2.75) is 6.92 Å². The van der Waals surface area contributed by atoms with E-state index in [1.54, 1.807) is 45.3 Å². The van der Waals surface area contributed by atoms with Gasteiger partial charge in [-0.3, -0.25) is 14.6 Å². The third-order valence-electron chi connectivity index (χ3n) is 3.37. The number of benzene rings is 1. The summed E-state index contributed by atoms with van der Waals surface area (Å²) in [6, 6.07) is 9.33. The van der Waals surface area contributed by atoms with Gasteiger partial charge in [-0.15, -0.1) is 0 Å². The average molecular weight is 315 g/mol. The first kappa shape index (κ1) is 16.6. The number of hydrogen-bond donors (Lipinski definition) is 1. The van der Waals surface area contributed by atoms with Crippen LogP contribution in [0.5, 0.6) is 0 Å². The molecular formula is C17H18FN3O2. The molecule has 1 N–H and O–H groups in total. The van der Waals surface area contributed by atoms with Gasteiger partial charge in [-0.2, -0.15) is 0 Å². The van der Waals surface area contributed by atoms with E-state index in [0.717, 1.165) is 5.56 Å². The first-order valence-corrected chi connectivity index (χ1v) is 7.10. The summed E-state index contributed by atoms with van der Waals surface area (Å²) in [6.45, 7) is 1.65. The van der Waals surface area contributed by atoms with Crippen LogP contribution in [-0.2, 0) is 4.79 Å². The third-order valence-corrected chi connectivity index (χ3v) is 3.37. The molecule has 2 rings (SSSR count). The molecular weight excluding hydrogens is 297 g/mol. The van der Waals surface area contributed by atoms with Gasteiger partial charge in [0.1, 0.15) is 5.82 Å². The first-order chi connectivity index (χ1) is 10.9. The van der Waals surface area contributed by atoms with Crippen molar-refractivity contribution in [2.24, 2.45) is 0 Å². The zero-order chi connectivity index (χ0) is 17.0. The molecule has 2 aromatic rings. The normalized spacial score (nSPS) is 10.3. The molecule has 120 valence electrons. The van der Waals surface area contributed by atoms with Crippen LogP contribution in [0.1, 0.15) is 16.1 Å². The van der Waals surface area contributed by atoms with Crippen LogP contribution < -0.4 is 5.32 Å². The Bertz CT molecular complexity index is 727. The smallest absolute Gasteiger partial charge is 0.253 e. The van der Waals surface area contributed by atoms with Crippen LogP contribution in [0.4, 0.5) is 4.39 Å². The molecule has 0 unspecified atom stereocenters. The predicted octanol–water partition coefficient (Wildman–Crippen LogP) is 2.01. The highest BCUT2D eigenvalue weighted by molar-refractivity contribution is 5.97. The van der Waals surface area contributed by atoms with Gasteiger partial charge in [0.25, 0.3) is 5.91 Å². The molecule has 6 heteroatoms. The minimum Gasteiger partial charge on any atom is -0.347 e. The predicted molar refractivity (Wildman–Crippen MR) is 85.4 cm³/mol. The van der Waals surface area contributed by atoms with E-state index in [4.69, 9.17) is 0 Å². The number of hydrogen-bond acceptors (Lipinski definition) is 3. The van der Waals surface area contributed by atoms with Crippen LogP contribution in [0.15, 0.2) is 36.4 Å². The molecule has 0 fully saturated rings. The van der Waals surface area contributed by atoms with Crippen LogP contribution in [0.2, 0.25) is 0 Å². The number of nitrogens with one attached hydrogen (secondary N) is 1. The zero-order valence-corrected chi connectivity index (χ0v) is 13.3. The molecule has 1 aromatic carbocycles. The second-order valence-corrected chi connectivity index (χ2v) is 5.31. The van der Waals surface area contributed by atoms with Gasteiger partial charge in [-0.05, 0) is 43.3 Å². The Labute approximate surface area is 134 Å². The standard InChI is InChI=1S/C17H18FN3O2/c1-11-14(17(23)19-10-16(22)21(2)3)8-9-15(20-11)12-4-6-13(18)7-5-12/h4-9H,10H2,1-3H3,(H,19,23). The Morgan fingerprint density at radius 1 is 1.13 bits per heavy atom. The minimum absolute atomic E-state index is 0.0645. The molecule has 0 atom stereocenters. The van der Waals surface area contributed by atoms with Crippen molar-refractivity contribution in [2.75, 3.05) is 20.6 Å². The molecule has 1 heterocycles. The highest BCUT2D eigenvalue weighted by Crippen LogP contribution is 2.19. The zero-order valence-electron chi connectivity index (χ0n) is 13.3. The summed E-state index contributed by atoms with van der Waals surface area (Å²) >= 11 is 0. The van der Waals surface area contributed by atoms with Crippen LogP contribution >= 0.6 is 0 Å². The summed E-state index contributed by atoms with van der Waals surface area (Å²) in [4.78, 5) is 29.4. The van der Waals surface area contributed by atoms with Gasteiger partial charge >= 0.3 is 0 Å². The first-order valence-electron chi connectivity index (χ1n) is 7.10. The molecule has 0 aliphatic rings. The Morgan fingerprint density at radius 2 is 1.78 bits per heavy atom. The number of aromatic nitrogens is 1. The lowest BCUT2D eigenvalue weighted by Gasteiger charge is -2.12. The maximum Gasteiger partial charge on any atom is 0.253 e. The Kier molecular flexibility index (Phi) is 5.05. The van der Waals surface area contributed by atoms with Gasteiger partial charge in [0.2, 0.25) is 5.91 Å². The molecule has 0 aliphatic carbocycles. The van der Waals surface area contributed by atoms with Crippen LogP contribution in [-0.4, -0.2) is 42.3 Å². The van der Waals surface area contributed by atoms with E-state index < -0.39 is 0 Å². The van der Waals surface area contributed by atoms with Crippen LogP contribution in [0.3, 0.4) is 0 Å². The van der Waals surface area contributed by atoms with Gasteiger partial charge in [0.15, 0.2) is 0 Å². The fourth-order valence-corrected chi connectivity index (χ4v) is 1.99. The van der Waals surface area contributed by atoms with Gasteiger partial charge in [-0.25, -0.2) is 4.39 Å². The second-order valence-electron chi connectivity index (χ2n) is 5.31. The van der Waals surface area contributed by atoms with E-state index >= 15 is 0 Å². The summed E-state index contributed by atoms with van der Waals surface area (Å²) in [5, 5.41) is 2.57. The third kappa shape index (κ3) is 4.12. The SMILES string of the molecule is Cc1nc(-c2ccc(F)cc2)ccc1C(=O)NCC(=O)N(C)C. The lowest BCUT2D eigenvalue weighted by Crippen LogP contribution is -2.36. The van der Waals surface area contributed by atoms with Crippen molar-refractivity contribution in [1.29, 1.82) is 0 Å². The quantitative estimate of drug-likeness (QED) is 0.939. The molecule has 5 nitrogen and oxygen atoms in total. The molecule has 2 amide bonds. The van der Waals surface area contributed by atoms with E-state index in [0.29, 0.717) is 17.0 Å². The van der Waals surface area contributed by atoms with E-state index in [9.17, 15) is 14.0 Å². The molecule has 0 radical (unpaired) electrons. The largest absolute Gasteiger partial charge is 0.347 e. The Morgan fingerprint density at radius 3 is 2.35 bits per heavy atom. The fraction of sp³-hybridized carbons (Fsp3) is 0.235. The summed E-state index contributed by atoms with van der Waals surface area (Å²) in [7, 11) is 3.25. The lowest BCUT2D eigenvalue weighted by atomic mass is 10.1. The number of carbonyl (C=O) groups is 2. The molecule has 23 heavy (non-hydrogen) atoms. The highest BCUT2D eigenvalue weighted by Gasteiger charge is 2.13. The minimum atomic E-state index is -0.351. The van der Waals surface area contributed by atoms with Crippen molar-refractivity contribution >= 4 is 11.8 Å². The fourth-order valence-electron chi connectivity index (χ4n) is 1.99. The number of halogens is 1. The van der Waals surface area contributed by atoms with Crippen molar-refractivity contribution in [3.8, 4) is 11.3 Å². The monoisotopic (exact) mass is 315 g/mol. The molecule has 0 saturated heterocycles. The maximum absolute atomic E-state index is 13.0. The van der Waals surface area contributed by atoms with E-state index in [1.807, 2.05) is 0 Å². The topological polar surface area (TPSA) is 62.3 Å². The molecule has 0 saturated carbocycles. The second kappa shape index (κ2) is 7.00. The number of aryl methyl sites for hydroxylation is 1. The van der Waals surface area contributed by atoms with E-state index in [-0.39, 0.29) is 24.2 Å². The van der Waals surface area contributed by atoms with Crippen molar-refractivity contribution in [1.82, 2.24) is 15.2 Å². The number of amides is 2. The van der Waals surface area contributed by atoms with Crippen molar-refractivity contribution in [3.63, 3.8) is 0 Å². The number of rotatable bonds is 4. The maximum atomic E-state index is 13.0. The number of carbonyl (C=O) groups excluding carboxylic acids is 2. The summed E-state index contributed by atoms with van der Waals surface area (Å²) in [5.41, 5.74) is 2.37. The van der Waals surface area contributed by atoms with Crippen LogP contribution in [0, 0.1) is 12.7 Å². The number of nitrogens with zero attached hydrogens (tertiary/aromatic N) is 2. The summed E-state index contributed by atoms with van der Waals surface area (Å²) in [5.74, 6) is -0.852. The number of likely N-dealkylation sites (N-methyl/N-ethyl adjacent to an activating group) is 1. The molecule has 0 aliphatic heterocycles. The molecule has 0 spiro atoms. The molecule has 1 aromatic heterocycles.